The molecule has 0 spiro atoms. The second kappa shape index (κ2) is 11.6. The van der Waals surface area contributed by atoms with Crippen molar-refractivity contribution in [1.82, 2.24) is 34.8 Å². The van der Waals surface area contributed by atoms with Gasteiger partial charge in [0.2, 0.25) is 10.0 Å². The van der Waals surface area contributed by atoms with E-state index in [0.717, 1.165) is 57.1 Å². The van der Waals surface area contributed by atoms with Gasteiger partial charge in [-0.1, -0.05) is 6.07 Å². The molecule has 4 heterocycles. The van der Waals surface area contributed by atoms with Gasteiger partial charge in [0.05, 0.1) is 35.4 Å². The summed E-state index contributed by atoms with van der Waals surface area (Å²) in [5.74, 6) is 0.234. The van der Waals surface area contributed by atoms with E-state index in [9.17, 15) is 12.8 Å². The van der Waals surface area contributed by atoms with E-state index in [1.165, 1.54) is 12.1 Å². The van der Waals surface area contributed by atoms with Crippen LogP contribution in [0.4, 0.5) is 4.39 Å². The SMILES string of the molecule is CN(C)CCOc1cncc(-c2ccc3[nH]nc(-c4cc5c(-c6cc(F)cc(CNS(C)(=O)=O)c6)cncc5[nH]4)c3c2)c1. The van der Waals surface area contributed by atoms with Gasteiger partial charge in [-0.05, 0) is 73.3 Å². The zero-order valence-electron chi connectivity index (χ0n) is 23.8. The Kier molecular flexibility index (Phi) is 7.65. The smallest absolute Gasteiger partial charge is 0.209 e. The predicted molar refractivity (Wildman–Crippen MR) is 166 cm³/mol. The lowest BCUT2D eigenvalue weighted by molar-refractivity contribution is 0.261. The third-order valence-electron chi connectivity index (χ3n) is 7.02. The lowest BCUT2D eigenvalue weighted by Crippen LogP contribution is -2.21. The Labute approximate surface area is 248 Å². The summed E-state index contributed by atoms with van der Waals surface area (Å²) in [6.07, 6.45) is 7.96. The highest BCUT2D eigenvalue weighted by Gasteiger charge is 2.16. The quantitative estimate of drug-likeness (QED) is 0.203. The summed E-state index contributed by atoms with van der Waals surface area (Å²) < 4.78 is 46.0. The average Bonchev–Trinajstić information content (AvgIpc) is 3.59. The molecule has 0 amide bonds. The maximum absolute atomic E-state index is 14.6. The van der Waals surface area contributed by atoms with E-state index in [1.807, 2.05) is 38.4 Å². The van der Waals surface area contributed by atoms with Crippen LogP contribution >= 0.6 is 0 Å². The zero-order valence-corrected chi connectivity index (χ0v) is 24.7. The van der Waals surface area contributed by atoms with Crippen molar-refractivity contribution < 1.29 is 17.5 Å². The van der Waals surface area contributed by atoms with Crippen molar-refractivity contribution in [2.24, 2.45) is 0 Å². The van der Waals surface area contributed by atoms with Gasteiger partial charge in [-0.25, -0.2) is 17.5 Å². The Morgan fingerprint density at radius 2 is 1.74 bits per heavy atom. The number of H-pyrrole nitrogens is 2. The van der Waals surface area contributed by atoms with Gasteiger partial charge in [0.15, 0.2) is 0 Å². The van der Waals surface area contributed by atoms with E-state index in [2.05, 4.69) is 40.8 Å². The number of aromatic nitrogens is 5. The molecule has 0 fully saturated rings. The topological polar surface area (TPSA) is 129 Å². The lowest BCUT2D eigenvalue weighted by atomic mass is 10.0. The van der Waals surface area contributed by atoms with Crippen molar-refractivity contribution in [1.29, 1.82) is 0 Å². The van der Waals surface area contributed by atoms with Crippen LogP contribution in [-0.4, -0.2) is 72.0 Å². The van der Waals surface area contributed by atoms with E-state index >= 15 is 0 Å². The number of aromatic amines is 2. The van der Waals surface area contributed by atoms with Gasteiger partial charge < -0.3 is 14.6 Å². The number of halogens is 1. The molecule has 0 saturated carbocycles. The summed E-state index contributed by atoms with van der Waals surface area (Å²) in [7, 11) is 0.572. The van der Waals surface area contributed by atoms with Crippen molar-refractivity contribution in [3.8, 4) is 39.4 Å². The van der Waals surface area contributed by atoms with Crippen LogP contribution in [0.25, 0.3) is 55.4 Å². The van der Waals surface area contributed by atoms with E-state index in [0.29, 0.717) is 29.0 Å². The number of rotatable bonds is 10. The number of nitrogens with zero attached hydrogens (tertiary/aromatic N) is 4. The minimum absolute atomic E-state index is 0.0202. The van der Waals surface area contributed by atoms with E-state index in [4.69, 9.17) is 4.74 Å². The number of pyridine rings is 2. The number of sulfonamides is 1. The summed E-state index contributed by atoms with van der Waals surface area (Å²) in [5, 5.41) is 9.46. The number of nitrogens with one attached hydrogen (secondary N) is 3. The molecule has 0 aliphatic heterocycles. The summed E-state index contributed by atoms with van der Waals surface area (Å²) in [6.45, 7) is 1.35. The number of likely N-dealkylation sites (N-methyl/N-ethyl adjacent to an activating group) is 1. The fourth-order valence-electron chi connectivity index (χ4n) is 4.93. The van der Waals surface area contributed by atoms with E-state index < -0.39 is 15.8 Å². The van der Waals surface area contributed by atoms with Crippen LogP contribution in [-0.2, 0) is 16.6 Å². The minimum Gasteiger partial charge on any atom is -0.491 e. The van der Waals surface area contributed by atoms with Crippen LogP contribution in [0, 0.1) is 5.82 Å². The van der Waals surface area contributed by atoms with Gasteiger partial charge >= 0.3 is 0 Å². The molecule has 43 heavy (non-hydrogen) atoms. The molecule has 2 aromatic carbocycles. The molecule has 0 bridgehead atoms. The van der Waals surface area contributed by atoms with E-state index in [1.54, 1.807) is 30.9 Å². The number of benzene rings is 2. The molecule has 12 heteroatoms. The number of ether oxygens (including phenoxy) is 1. The second-order valence-electron chi connectivity index (χ2n) is 10.7. The highest BCUT2D eigenvalue weighted by molar-refractivity contribution is 7.88. The Morgan fingerprint density at radius 3 is 2.56 bits per heavy atom. The molecule has 0 saturated heterocycles. The third-order valence-corrected chi connectivity index (χ3v) is 7.69. The molecule has 10 nitrogen and oxygen atoms in total. The molecule has 0 atom stereocenters. The summed E-state index contributed by atoms with van der Waals surface area (Å²) in [5.41, 5.74) is 6.80. The molecular formula is C31H30FN7O3S. The Bertz CT molecular complexity index is 2050. The second-order valence-corrected chi connectivity index (χ2v) is 12.5. The fourth-order valence-corrected chi connectivity index (χ4v) is 5.36. The lowest BCUT2D eigenvalue weighted by Gasteiger charge is -2.11. The first-order valence-electron chi connectivity index (χ1n) is 13.6. The number of hydrogen-bond acceptors (Lipinski definition) is 7. The summed E-state index contributed by atoms with van der Waals surface area (Å²) >= 11 is 0. The first-order valence-corrected chi connectivity index (χ1v) is 15.4. The third kappa shape index (κ3) is 6.41. The molecule has 0 aliphatic carbocycles. The van der Waals surface area contributed by atoms with Gasteiger partial charge in [0, 0.05) is 47.4 Å². The van der Waals surface area contributed by atoms with Gasteiger partial charge in [-0.3, -0.25) is 15.1 Å². The molecule has 0 radical (unpaired) electrons. The predicted octanol–water partition coefficient (Wildman–Crippen LogP) is 4.96. The maximum atomic E-state index is 14.6. The molecule has 4 aromatic heterocycles. The molecular weight excluding hydrogens is 569 g/mol. The first kappa shape index (κ1) is 28.5. The van der Waals surface area contributed by atoms with Crippen molar-refractivity contribution in [2.75, 3.05) is 33.5 Å². The average molecular weight is 600 g/mol. The van der Waals surface area contributed by atoms with Crippen molar-refractivity contribution in [2.45, 2.75) is 6.54 Å². The van der Waals surface area contributed by atoms with Crippen LogP contribution in [0.5, 0.6) is 5.75 Å². The molecule has 220 valence electrons. The van der Waals surface area contributed by atoms with Crippen LogP contribution in [0.15, 0.2) is 73.3 Å². The fraction of sp³-hybridized carbons (Fsp3) is 0.194. The summed E-state index contributed by atoms with van der Waals surface area (Å²) in [6, 6.07) is 14.5. The normalized spacial score (nSPS) is 12.0. The van der Waals surface area contributed by atoms with Gasteiger partial charge in [0.25, 0.3) is 0 Å². The highest BCUT2D eigenvalue weighted by atomic mass is 32.2. The maximum Gasteiger partial charge on any atom is 0.209 e. The van der Waals surface area contributed by atoms with Gasteiger partial charge in [-0.2, -0.15) is 5.10 Å². The standard InChI is InChI=1S/C31H30FN7O3S/c1-39(2)6-7-42-24-11-22(15-33-16-24)20-4-5-28-26(12-20)31(38-37-28)29-13-25-27(17-34-18-30(25)36-29)21-8-19(9-23(32)10-21)14-35-43(3,40)41/h4-5,8-13,15-18,35-36H,6-7,14H2,1-3H3,(H,37,38). The summed E-state index contributed by atoms with van der Waals surface area (Å²) in [4.78, 5) is 14.2. The molecule has 3 N–H and O–H groups in total. The monoisotopic (exact) mass is 599 g/mol. The van der Waals surface area contributed by atoms with Crippen LogP contribution in [0.3, 0.4) is 0 Å². The molecule has 6 rings (SSSR count). The van der Waals surface area contributed by atoms with E-state index in [-0.39, 0.29) is 6.54 Å². The van der Waals surface area contributed by atoms with Gasteiger partial charge in [0.1, 0.15) is 23.9 Å². The molecule has 0 aliphatic rings. The van der Waals surface area contributed by atoms with Crippen LogP contribution < -0.4 is 9.46 Å². The first-order chi connectivity index (χ1) is 20.6. The highest BCUT2D eigenvalue weighted by Crippen LogP contribution is 2.35. The Balaban J connectivity index is 1.35. The zero-order chi connectivity index (χ0) is 30.1. The molecule has 6 aromatic rings. The number of fused-ring (bicyclic) bond motifs is 2. The van der Waals surface area contributed by atoms with Crippen molar-refractivity contribution >= 4 is 31.8 Å². The van der Waals surface area contributed by atoms with Crippen LogP contribution in [0.1, 0.15) is 5.56 Å². The Hall–Kier alpha value is -4.65. The van der Waals surface area contributed by atoms with Crippen molar-refractivity contribution in [3.05, 3.63) is 84.7 Å². The van der Waals surface area contributed by atoms with Gasteiger partial charge in [-0.15, -0.1) is 0 Å². The number of hydrogen-bond donors (Lipinski definition) is 3. The Morgan fingerprint density at radius 1 is 0.907 bits per heavy atom. The van der Waals surface area contributed by atoms with Crippen molar-refractivity contribution in [3.63, 3.8) is 0 Å². The minimum atomic E-state index is -3.43. The van der Waals surface area contributed by atoms with Crippen LogP contribution in [0.2, 0.25) is 0 Å². The molecule has 0 unspecified atom stereocenters. The largest absolute Gasteiger partial charge is 0.491 e.